The molecule has 0 heterocycles. The predicted octanol–water partition coefficient (Wildman–Crippen LogP) is 2.79. The lowest BCUT2D eigenvalue weighted by Gasteiger charge is -2.26. The topological polar surface area (TPSA) is 54.4 Å². The fraction of sp³-hybridized carbons (Fsp3) is 0.333. The van der Waals surface area contributed by atoms with Crippen molar-refractivity contribution in [1.82, 2.24) is 0 Å². The van der Waals surface area contributed by atoms with E-state index in [0.717, 1.165) is 22.7 Å². The molecule has 0 aliphatic carbocycles. The second-order valence-corrected chi connectivity index (χ2v) is 11.4. The Labute approximate surface area is 141 Å². The molecule has 5 heteroatoms. The highest BCUT2D eigenvalue weighted by molar-refractivity contribution is 7.86. The number of hydrogen-bond acceptors (Lipinski definition) is 2. The monoisotopic (exact) mass is 348 g/mol. The summed E-state index contributed by atoms with van der Waals surface area (Å²) < 4.78 is 33.2. The molecule has 0 aromatic heterocycles. The predicted molar refractivity (Wildman–Crippen MR) is 98.1 cm³/mol. The summed E-state index contributed by atoms with van der Waals surface area (Å²) in [6.45, 7) is 8.14. The van der Waals surface area contributed by atoms with Gasteiger partial charge < -0.3 is 0 Å². The van der Waals surface area contributed by atoms with E-state index in [1.54, 1.807) is 6.07 Å². The molecule has 0 saturated heterocycles. The van der Waals surface area contributed by atoms with Gasteiger partial charge in [0, 0.05) is 0 Å². The first kappa shape index (κ1) is 17.9. The maximum atomic E-state index is 11.8. The molecule has 0 atom stereocenters. The molecule has 23 heavy (non-hydrogen) atoms. The molecular weight excluding hydrogens is 324 g/mol. The largest absolute Gasteiger partial charge is 0.294 e. The van der Waals surface area contributed by atoms with Crippen LogP contribution in [0.3, 0.4) is 0 Å². The van der Waals surface area contributed by atoms with Crippen molar-refractivity contribution in [2.24, 2.45) is 0 Å². The zero-order valence-corrected chi connectivity index (χ0v) is 16.4. The highest BCUT2D eigenvalue weighted by atomic mass is 32.2. The van der Waals surface area contributed by atoms with E-state index in [4.69, 9.17) is 0 Å². The number of benzene rings is 2. The van der Waals surface area contributed by atoms with Gasteiger partial charge in [-0.2, -0.15) is 8.42 Å². The SMILES string of the molecule is Cc1cc(C)c([SiH2]C(C)(C)Cc2ccccc2)c(S(=O)(=O)O)c1. The fourth-order valence-electron chi connectivity index (χ4n) is 3.10. The molecule has 0 saturated carbocycles. The van der Waals surface area contributed by atoms with Crippen LogP contribution >= 0.6 is 0 Å². The van der Waals surface area contributed by atoms with Gasteiger partial charge in [-0.05, 0) is 47.7 Å². The van der Waals surface area contributed by atoms with Gasteiger partial charge >= 0.3 is 0 Å². The minimum atomic E-state index is -4.19. The summed E-state index contributed by atoms with van der Waals surface area (Å²) in [6.07, 6.45) is 0.901. The zero-order valence-electron chi connectivity index (χ0n) is 14.1. The van der Waals surface area contributed by atoms with Gasteiger partial charge in [0.15, 0.2) is 0 Å². The van der Waals surface area contributed by atoms with Gasteiger partial charge in [0.1, 0.15) is 0 Å². The lowest BCUT2D eigenvalue weighted by molar-refractivity contribution is 0.483. The molecule has 0 radical (unpaired) electrons. The van der Waals surface area contributed by atoms with Crippen LogP contribution in [0.2, 0.25) is 5.04 Å². The van der Waals surface area contributed by atoms with Gasteiger partial charge in [-0.1, -0.05) is 55.8 Å². The van der Waals surface area contributed by atoms with E-state index in [9.17, 15) is 13.0 Å². The maximum absolute atomic E-state index is 11.8. The Morgan fingerprint density at radius 1 is 1.09 bits per heavy atom. The van der Waals surface area contributed by atoms with Crippen molar-refractivity contribution in [3.63, 3.8) is 0 Å². The first-order valence-electron chi connectivity index (χ1n) is 7.70. The van der Waals surface area contributed by atoms with Crippen LogP contribution < -0.4 is 5.19 Å². The lowest BCUT2D eigenvalue weighted by atomic mass is 10.0. The Morgan fingerprint density at radius 3 is 2.26 bits per heavy atom. The minimum Gasteiger partial charge on any atom is -0.282 e. The van der Waals surface area contributed by atoms with E-state index >= 15 is 0 Å². The first-order valence-corrected chi connectivity index (χ1v) is 10.6. The van der Waals surface area contributed by atoms with E-state index in [0.29, 0.717) is 0 Å². The molecule has 0 spiro atoms. The van der Waals surface area contributed by atoms with Gasteiger partial charge in [0.05, 0.1) is 14.4 Å². The highest BCUT2D eigenvalue weighted by Gasteiger charge is 2.26. The molecule has 0 amide bonds. The Hall–Kier alpha value is -1.43. The van der Waals surface area contributed by atoms with Gasteiger partial charge in [-0.25, -0.2) is 0 Å². The summed E-state index contributed by atoms with van der Waals surface area (Å²) in [6, 6.07) is 13.8. The van der Waals surface area contributed by atoms with Crippen LogP contribution in [-0.4, -0.2) is 22.5 Å². The Morgan fingerprint density at radius 2 is 1.70 bits per heavy atom. The van der Waals surface area contributed by atoms with Gasteiger partial charge in [-0.3, -0.25) is 4.55 Å². The molecule has 2 aromatic rings. The third-order valence-electron chi connectivity index (χ3n) is 4.04. The van der Waals surface area contributed by atoms with Crippen molar-refractivity contribution in [3.05, 3.63) is 59.2 Å². The third kappa shape index (κ3) is 4.77. The summed E-state index contributed by atoms with van der Waals surface area (Å²) in [5.74, 6) is 0. The Kier molecular flexibility index (Phi) is 5.13. The van der Waals surface area contributed by atoms with Crippen molar-refractivity contribution in [1.29, 1.82) is 0 Å². The normalized spacial score (nSPS) is 12.9. The average molecular weight is 349 g/mol. The number of rotatable bonds is 5. The second-order valence-electron chi connectivity index (χ2n) is 7.04. The van der Waals surface area contributed by atoms with E-state index in [1.807, 2.05) is 38.1 Å². The second kappa shape index (κ2) is 6.59. The molecule has 2 aromatic carbocycles. The summed E-state index contributed by atoms with van der Waals surface area (Å²) in [5, 5.41) is 0.861. The smallest absolute Gasteiger partial charge is 0.282 e. The van der Waals surface area contributed by atoms with Crippen molar-refractivity contribution >= 4 is 24.8 Å². The number of aryl methyl sites for hydroxylation is 2. The molecule has 124 valence electrons. The van der Waals surface area contributed by atoms with Crippen molar-refractivity contribution in [3.8, 4) is 0 Å². The standard InChI is InChI=1S/C18H24O3SSi/c1-13-10-14(2)17(16(11-13)22(19,20)21)23-18(3,4)12-15-8-6-5-7-9-15/h5-11H,12,23H2,1-4H3,(H,19,20,21). The van der Waals surface area contributed by atoms with Crippen LogP contribution in [0.5, 0.6) is 0 Å². The van der Waals surface area contributed by atoms with E-state index in [1.165, 1.54) is 5.56 Å². The fourth-order valence-corrected chi connectivity index (χ4v) is 6.70. The summed E-state index contributed by atoms with van der Waals surface area (Å²) in [4.78, 5) is 0.0998. The summed E-state index contributed by atoms with van der Waals surface area (Å²) >= 11 is 0. The van der Waals surface area contributed by atoms with Gasteiger partial charge in [-0.15, -0.1) is 0 Å². The lowest BCUT2D eigenvalue weighted by Crippen LogP contribution is -2.33. The summed E-state index contributed by atoms with van der Waals surface area (Å²) in [7, 11) is -5.11. The Bertz CT molecular complexity index is 797. The van der Waals surface area contributed by atoms with E-state index < -0.39 is 19.6 Å². The van der Waals surface area contributed by atoms with Crippen LogP contribution in [0.1, 0.15) is 30.5 Å². The van der Waals surface area contributed by atoms with E-state index in [2.05, 4.69) is 26.0 Å². The first-order chi connectivity index (χ1) is 10.6. The molecule has 0 fully saturated rings. The molecule has 0 aliphatic heterocycles. The van der Waals surface area contributed by atoms with Crippen LogP contribution in [-0.2, 0) is 16.5 Å². The zero-order chi connectivity index (χ0) is 17.3. The van der Waals surface area contributed by atoms with Gasteiger partial charge in [0.25, 0.3) is 10.1 Å². The summed E-state index contributed by atoms with van der Waals surface area (Å²) in [5.41, 5.74) is 3.07. The van der Waals surface area contributed by atoms with Crippen molar-refractivity contribution < 1.29 is 13.0 Å². The average Bonchev–Trinajstić information content (AvgIpc) is 2.41. The van der Waals surface area contributed by atoms with Crippen LogP contribution in [0.4, 0.5) is 0 Å². The van der Waals surface area contributed by atoms with Crippen LogP contribution in [0, 0.1) is 13.8 Å². The quantitative estimate of drug-likeness (QED) is 0.668. The van der Waals surface area contributed by atoms with E-state index in [-0.39, 0.29) is 9.93 Å². The maximum Gasteiger partial charge on any atom is 0.294 e. The Balaban J connectivity index is 2.39. The van der Waals surface area contributed by atoms with Crippen LogP contribution in [0.25, 0.3) is 0 Å². The third-order valence-corrected chi connectivity index (χ3v) is 7.71. The number of hydrogen-bond donors (Lipinski definition) is 1. The molecule has 2 rings (SSSR count). The molecule has 0 bridgehead atoms. The molecule has 3 nitrogen and oxygen atoms in total. The van der Waals surface area contributed by atoms with Gasteiger partial charge in [0.2, 0.25) is 0 Å². The molecule has 0 unspecified atom stereocenters. The van der Waals surface area contributed by atoms with Crippen LogP contribution in [0.15, 0.2) is 47.4 Å². The molecule has 1 N–H and O–H groups in total. The molecule has 0 aliphatic rings. The van der Waals surface area contributed by atoms with Crippen molar-refractivity contribution in [2.75, 3.05) is 0 Å². The molecular formula is C18H24O3SSi. The highest BCUT2D eigenvalue weighted by Crippen LogP contribution is 2.29. The van der Waals surface area contributed by atoms with Crippen molar-refractivity contribution in [2.45, 2.75) is 44.0 Å². The minimum absolute atomic E-state index is 0.0147.